The summed E-state index contributed by atoms with van der Waals surface area (Å²) in [6, 6.07) is 5.16. The van der Waals surface area contributed by atoms with Gasteiger partial charge in [0, 0.05) is 10.6 Å². The van der Waals surface area contributed by atoms with E-state index in [-0.39, 0.29) is 0 Å². The van der Waals surface area contributed by atoms with Crippen molar-refractivity contribution in [3.05, 3.63) is 34.3 Å². The van der Waals surface area contributed by atoms with E-state index in [0.717, 1.165) is 18.4 Å². The van der Waals surface area contributed by atoms with Crippen LogP contribution in [0.4, 0.5) is 4.39 Å². The van der Waals surface area contributed by atoms with Crippen LogP contribution in [0.25, 0.3) is 0 Å². The molecule has 0 atom stereocenters. The molecule has 78 valence electrons. The Bertz CT molecular complexity index is 436. The second-order valence-corrected chi connectivity index (χ2v) is 4.04. The van der Waals surface area contributed by atoms with Gasteiger partial charge in [-0.2, -0.15) is 4.99 Å². The number of nitrogens with zero attached hydrogens (tertiary/aromatic N) is 1. The zero-order chi connectivity index (χ0) is 10.9. The van der Waals surface area contributed by atoms with Crippen molar-refractivity contribution < 1.29 is 9.18 Å². The molecule has 1 saturated carbocycles. The minimum Gasteiger partial charge on any atom is -0.246 e. The monoisotopic (exact) mass is 225 g/mol. The Kier molecular flexibility index (Phi) is 2.59. The van der Waals surface area contributed by atoms with Crippen LogP contribution in [-0.2, 0) is 17.0 Å². The lowest BCUT2D eigenvalue weighted by atomic mass is 9.99. The van der Waals surface area contributed by atoms with E-state index in [1.165, 1.54) is 0 Å². The fourth-order valence-electron chi connectivity index (χ4n) is 1.78. The minimum atomic E-state index is -0.634. The molecule has 1 aromatic carbocycles. The first-order valence-electron chi connectivity index (χ1n) is 4.66. The Labute approximate surface area is 91.8 Å². The van der Waals surface area contributed by atoms with E-state index in [1.807, 2.05) is 0 Å². The number of isocyanates is 1. The molecule has 0 aromatic heterocycles. The van der Waals surface area contributed by atoms with Crippen LogP contribution in [0.15, 0.2) is 23.2 Å². The first-order chi connectivity index (χ1) is 7.23. The lowest BCUT2D eigenvalue weighted by Gasteiger charge is -2.13. The number of hydrogen-bond donors (Lipinski definition) is 0. The summed E-state index contributed by atoms with van der Waals surface area (Å²) in [5, 5.41) is 0.391. The second-order valence-electron chi connectivity index (χ2n) is 3.63. The largest absolute Gasteiger partial charge is 0.246 e. The zero-order valence-corrected chi connectivity index (χ0v) is 8.72. The van der Waals surface area contributed by atoms with Crippen molar-refractivity contribution in [1.82, 2.24) is 0 Å². The van der Waals surface area contributed by atoms with Gasteiger partial charge in [-0.15, -0.1) is 0 Å². The molecule has 0 radical (unpaired) electrons. The Hall–Kier alpha value is -1.18. The molecule has 1 aliphatic rings. The van der Waals surface area contributed by atoms with E-state index in [9.17, 15) is 9.18 Å². The van der Waals surface area contributed by atoms with Crippen molar-refractivity contribution in [2.45, 2.75) is 25.1 Å². The van der Waals surface area contributed by atoms with Gasteiger partial charge in [0.15, 0.2) is 0 Å². The van der Waals surface area contributed by atoms with Crippen molar-refractivity contribution >= 4 is 17.7 Å². The van der Waals surface area contributed by atoms with E-state index >= 15 is 0 Å². The Morgan fingerprint density at radius 3 is 2.80 bits per heavy atom. The quantitative estimate of drug-likeness (QED) is 0.574. The van der Waals surface area contributed by atoms with Crippen LogP contribution in [0.2, 0.25) is 5.02 Å². The van der Waals surface area contributed by atoms with Gasteiger partial charge in [0.1, 0.15) is 6.67 Å². The SMILES string of the molecule is O=C=NC1(c2cccc(Cl)c2CF)CC1. The smallest absolute Gasteiger partial charge is 0.235 e. The highest BCUT2D eigenvalue weighted by Crippen LogP contribution is 2.51. The fourth-order valence-corrected chi connectivity index (χ4v) is 2.00. The van der Waals surface area contributed by atoms with E-state index in [4.69, 9.17) is 11.6 Å². The van der Waals surface area contributed by atoms with Crippen molar-refractivity contribution in [2.24, 2.45) is 4.99 Å². The average molecular weight is 226 g/mol. The molecule has 2 rings (SSSR count). The summed E-state index contributed by atoms with van der Waals surface area (Å²) < 4.78 is 12.8. The number of alkyl halides is 1. The first-order valence-corrected chi connectivity index (χ1v) is 5.04. The summed E-state index contributed by atoms with van der Waals surface area (Å²) in [7, 11) is 0. The minimum absolute atomic E-state index is 0.391. The van der Waals surface area contributed by atoms with E-state index < -0.39 is 12.2 Å². The molecule has 1 aliphatic carbocycles. The normalized spacial score (nSPS) is 16.9. The first kappa shape index (κ1) is 10.3. The zero-order valence-electron chi connectivity index (χ0n) is 7.96. The molecule has 0 heterocycles. The van der Waals surface area contributed by atoms with Gasteiger partial charge >= 0.3 is 0 Å². The highest BCUT2D eigenvalue weighted by molar-refractivity contribution is 6.31. The maximum Gasteiger partial charge on any atom is 0.235 e. The fraction of sp³-hybridized carbons (Fsp3) is 0.364. The third kappa shape index (κ3) is 1.69. The van der Waals surface area contributed by atoms with Crippen molar-refractivity contribution in [3.63, 3.8) is 0 Å². The Morgan fingerprint density at radius 1 is 1.53 bits per heavy atom. The molecule has 4 heteroatoms. The number of aliphatic imine (C=N–C) groups is 1. The summed E-state index contributed by atoms with van der Waals surface area (Å²) in [5.41, 5.74) is 0.616. The molecule has 0 bridgehead atoms. The van der Waals surface area contributed by atoms with E-state index in [1.54, 1.807) is 24.3 Å². The van der Waals surface area contributed by atoms with Crippen LogP contribution in [-0.4, -0.2) is 6.08 Å². The van der Waals surface area contributed by atoms with Gasteiger partial charge in [-0.1, -0.05) is 23.7 Å². The molecule has 0 N–H and O–H groups in total. The summed E-state index contributed by atoms with van der Waals surface area (Å²) >= 11 is 5.88. The number of benzene rings is 1. The van der Waals surface area contributed by atoms with Crippen molar-refractivity contribution in [2.75, 3.05) is 0 Å². The molecule has 0 saturated heterocycles. The van der Waals surface area contributed by atoms with Crippen LogP contribution < -0.4 is 0 Å². The Morgan fingerprint density at radius 2 is 2.27 bits per heavy atom. The van der Waals surface area contributed by atoms with E-state index in [2.05, 4.69) is 4.99 Å². The van der Waals surface area contributed by atoms with E-state index in [0.29, 0.717) is 10.6 Å². The lowest BCUT2D eigenvalue weighted by Crippen LogP contribution is -2.06. The second kappa shape index (κ2) is 3.76. The molecule has 15 heavy (non-hydrogen) atoms. The van der Waals surface area contributed by atoms with Crippen LogP contribution in [0.1, 0.15) is 24.0 Å². The highest BCUT2D eigenvalue weighted by atomic mass is 35.5. The molecule has 0 unspecified atom stereocenters. The summed E-state index contributed by atoms with van der Waals surface area (Å²) in [4.78, 5) is 14.1. The predicted octanol–water partition coefficient (Wildman–Crippen LogP) is 3.13. The average Bonchev–Trinajstić information content (AvgIpc) is 2.99. The van der Waals surface area contributed by atoms with Crippen LogP contribution in [0, 0.1) is 0 Å². The molecule has 1 aromatic rings. The van der Waals surface area contributed by atoms with Gasteiger partial charge < -0.3 is 0 Å². The van der Waals surface area contributed by atoms with Gasteiger partial charge in [0.25, 0.3) is 0 Å². The Balaban J connectivity index is 2.53. The van der Waals surface area contributed by atoms with Crippen LogP contribution in [0.5, 0.6) is 0 Å². The number of hydrogen-bond acceptors (Lipinski definition) is 2. The van der Waals surface area contributed by atoms with Gasteiger partial charge in [-0.25, -0.2) is 9.18 Å². The lowest BCUT2D eigenvalue weighted by molar-refractivity contribution is 0.478. The standard InChI is InChI=1S/C11H9ClFNO/c12-10-3-1-2-9(8(10)6-13)11(4-5-11)14-7-15/h1-3H,4-6H2. The number of rotatable bonds is 3. The maximum absolute atomic E-state index is 12.8. The molecule has 0 amide bonds. The molecule has 0 aliphatic heterocycles. The van der Waals surface area contributed by atoms with Crippen molar-refractivity contribution in [1.29, 1.82) is 0 Å². The molecular weight excluding hydrogens is 217 g/mol. The summed E-state index contributed by atoms with van der Waals surface area (Å²) in [6.07, 6.45) is 3.07. The number of carbonyl (C=O) groups excluding carboxylic acids is 1. The van der Waals surface area contributed by atoms with Gasteiger partial charge in [0.05, 0.1) is 5.54 Å². The van der Waals surface area contributed by atoms with Gasteiger partial charge in [0.2, 0.25) is 6.08 Å². The topological polar surface area (TPSA) is 29.4 Å². The van der Waals surface area contributed by atoms with Crippen LogP contribution >= 0.6 is 11.6 Å². The molecule has 0 spiro atoms. The van der Waals surface area contributed by atoms with Gasteiger partial charge in [-0.3, -0.25) is 0 Å². The number of halogens is 2. The van der Waals surface area contributed by atoms with Crippen LogP contribution in [0.3, 0.4) is 0 Å². The van der Waals surface area contributed by atoms with Gasteiger partial charge in [-0.05, 0) is 24.5 Å². The third-order valence-electron chi connectivity index (χ3n) is 2.74. The summed E-state index contributed by atoms with van der Waals surface area (Å²) in [5.74, 6) is 0. The van der Waals surface area contributed by atoms with Crippen molar-refractivity contribution in [3.8, 4) is 0 Å². The molecular formula is C11H9ClFNO. The molecule has 2 nitrogen and oxygen atoms in total. The third-order valence-corrected chi connectivity index (χ3v) is 3.09. The predicted molar refractivity (Wildman–Crippen MR) is 55.3 cm³/mol. The summed E-state index contributed by atoms with van der Waals surface area (Å²) in [6.45, 7) is -0.634. The molecule has 1 fully saturated rings. The highest BCUT2D eigenvalue weighted by Gasteiger charge is 2.46. The maximum atomic E-state index is 12.8.